The van der Waals surface area contributed by atoms with Crippen LogP contribution in [-0.4, -0.2) is 54.5 Å². The largest absolute Gasteiger partial charge is 0.370 e. The Bertz CT molecular complexity index is 422. The van der Waals surface area contributed by atoms with E-state index in [2.05, 4.69) is 29.1 Å². The first-order valence-electron chi connectivity index (χ1n) is 7.09. The molecule has 20 heavy (non-hydrogen) atoms. The predicted octanol–water partition coefficient (Wildman–Crippen LogP) is 1.60. The number of hydrogen-bond acceptors (Lipinski definition) is 5. The van der Waals surface area contributed by atoms with Gasteiger partial charge in [-0.3, -0.25) is 4.79 Å². The highest BCUT2D eigenvalue weighted by Gasteiger charge is 2.14. The van der Waals surface area contributed by atoms with Gasteiger partial charge in [0.25, 0.3) is 0 Å². The van der Waals surface area contributed by atoms with Crippen molar-refractivity contribution >= 4 is 17.5 Å². The Balaban J connectivity index is 2.82. The van der Waals surface area contributed by atoms with Gasteiger partial charge in [-0.25, -0.2) is 9.97 Å². The van der Waals surface area contributed by atoms with Crippen molar-refractivity contribution in [2.24, 2.45) is 0 Å². The van der Waals surface area contributed by atoms with Crippen LogP contribution in [0.4, 0.5) is 11.6 Å². The van der Waals surface area contributed by atoms with Crippen LogP contribution in [0.1, 0.15) is 26.7 Å². The predicted molar refractivity (Wildman–Crippen MR) is 82.0 cm³/mol. The molecule has 0 aliphatic rings. The number of nitrogens with zero attached hydrogens (tertiary/aromatic N) is 4. The SMILES string of the molecule is CCCNc1cc(N(CCC)CC(=O)N(C)C)ncn1. The Morgan fingerprint density at radius 2 is 2.00 bits per heavy atom. The van der Waals surface area contributed by atoms with Crippen molar-refractivity contribution in [3.8, 4) is 0 Å². The summed E-state index contributed by atoms with van der Waals surface area (Å²) in [5, 5.41) is 3.23. The number of anilines is 2. The second kappa shape index (κ2) is 8.35. The molecule has 0 aromatic carbocycles. The summed E-state index contributed by atoms with van der Waals surface area (Å²) in [4.78, 5) is 23.9. The van der Waals surface area contributed by atoms with Crippen LogP contribution in [0.2, 0.25) is 0 Å². The molecule has 1 heterocycles. The van der Waals surface area contributed by atoms with Gasteiger partial charge in [0, 0.05) is 33.3 Å². The zero-order chi connectivity index (χ0) is 15.0. The number of hydrogen-bond donors (Lipinski definition) is 1. The van der Waals surface area contributed by atoms with Gasteiger partial charge in [0.2, 0.25) is 5.91 Å². The Morgan fingerprint density at radius 3 is 2.60 bits per heavy atom. The highest BCUT2D eigenvalue weighted by Crippen LogP contribution is 2.14. The molecule has 1 amide bonds. The molecule has 6 heteroatoms. The number of carbonyl (C=O) groups is 1. The number of amides is 1. The van der Waals surface area contributed by atoms with Crippen molar-refractivity contribution in [3.63, 3.8) is 0 Å². The molecule has 1 aromatic rings. The lowest BCUT2D eigenvalue weighted by molar-refractivity contribution is -0.127. The van der Waals surface area contributed by atoms with E-state index in [1.807, 2.05) is 11.0 Å². The molecule has 1 rings (SSSR count). The molecule has 1 N–H and O–H groups in total. The summed E-state index contributed by atoms with van der Waals surface area (Å²) in [5.74, 6) is 1.66. The van der Waals surface area contributed by atoms with E-state index in [1.54, 1.807) is 19.0 Å². The summed E-state index contributed by atoms with van der Waals surface area (Å²) in [5.41, 5.74) is 0. The van der Waals surface area contributed by atoms with Gasteiger partial charge in [-0.05, 0) is 12.8 Å². The van der Waals surface area contributed by atoms with E-state index in [1.165, 1.54) is 6.33 Å². The molecule has 6 nitrogen and oxygen atoms in total. The van der Waals surface area contributed by atoms with Crippen molar-refractivity contribution in [1.82, 2.24) is 14.9 Å². The van der Waals surface area contributed by atoms with Crippen molar-refractivity contribution in [2.45, 2.75) is 26.7 Å². The fourth-order valence-corrected chi connectivity index (χ4v) is 1.72. The maximum atomic E-state index is 11.9. The second-order valence-electron chi connectivity index (χ2n) is 4.90. The number of nitrogens with one attached hydrogen (secondary N) is 1. The average Bonchev–Trinajstić information content (AvgIpc) is 2.44. The lowest BCUT2D eigenvalue weighted by atomic mass is 10.3. The number of rotatable bonds is 8. The number of likely N-dealkylation sites (N-methyl/N-ethyl adjacent to an activating group) is 1. The molecule has 112 valence electrons. The van der Waals surface area contributed by atoms with E-state index in [0.29, 0.717) is 6.54 Å². The second-order valence-corrected chi connectivity index (χ2v) is 4.90. The zero-order valence-corrected chi connectivity index (χ0v) is 12.9. The maximum Gasteiger partial charge on any atom is 0.241 e. The Kier molecular flexibility index (Phi) is 6.76. The molecule has 0 aliphatic carbocycles. The minimum Gasteiger partial charge on any atom is -0.370 e. The van der Waals surface area contributed by atoms with Gasteiger partial charge in [-0.15, -0.1) is 0 Å². The molecule has 0 saturated carbocycles. The van der Waals surface area contributed by atoms with Gasteiger partial charge in [0.05, 0.1) is 6.54 Å². The van der Waals surface area contributed by atoms with E-state index >= 15 is 0 Å². The van der Waals surface area contributed by atoms with Crippen LogP contribution >= 0.6 is 0 Å². The van der Waals surface area contributed by atoms with Crippen molar-refractivity contribution in [1.29, 1.82) is 0 Å². The summed E-state index contributed by atoms with van der Waals surface area (Å²) < 4.78 is 0. The van der Waals surface area contributed by atoms with Crippen LogP contribution in [0.5, 0.6) is 0 Å². The average molecular weight is 279 g/mol. The van der Waals surface area contributed by atoms with Crippen molar-refractivity contribution < 1.29 is 4.79 Å². The Hall–Kier alpha value is -1.85. The van der Waals surface area contributed by atoms with E-state index in [-0.39, 0.29) is 5.91 Å². The fraction of sp³-hybridized carbons (Fsp3) is 0.643. The molecule has 0 radical (unpaired) electrons. The fourth-order valence-electron chi connectivity index (χ4n) is 1.72. The molecule has 0 bridgehead atoms. The molecule has 0 spiro atoms. The molecule has 0 fully saturated rings. The third-order valence-electron chi connectivity index (χ3n) is 2.85. The smallest absolute Gasteiger partial charge is 0.241 e. The summed E-state index contributed by atoms with van der Waals surface area (Å²) >= 11 is 0. The third-order valence-corrected chi connectivity index (χ3v) is 2.85. The first-order valence-corrected chi connectivity index (χ1v) is 7.09. The number of carbonyl (C=O) groups excluding carboxylic acids is 1. The van der Waals surface area contributed by atoms with E-state index < -0.39 is 0 Å². The van der Waals surface area contributed by atoms with Crippen LogP contribution in [0, 0.1) is 0 Å². The molecule has 0 aliphatic heterocycles. The van der Waals surface area contributed by atoms with Gasteiger partial charge in [-0.1, -0.05) is 13.8 Å². The van der Waals surface area contributed by atoms with Crippen LogP contribution in [0.25, 0.3) is 0 Å². The summed E-state index contributed by atoms with van der Waals surface area (Å²) in [6.45, 7) is 6.20. The van der Waals surface area contributed by atoms with Crippen LogP contribution in [0.3, 0.4) is 0 Å². The van der Waals surface area contributed by atoms with E-state index in [0.717, 1.165) is 37.6 Å². The van der Waals surface area contributed by atoms with Gasteiger partial charge in [-0.2, -0.15) is 0 Å². The maximum absolute atomic E-state index is 11.9. The topological polar surface area (TPSA) is 61.4 Å². The van der Waals surface area contributed by atoms with Crippen LogP contribution in [0.15, 0.2) is 12.4 Å². The third kappa shape index (κ3) is 5.03. The normalized spacial score (nSPS) is 10.2. The quantitative estimate of drug-likeness (QED) is 0.783. The van der Waals surface area contributed by atoms with Gasteiger partial charge in [0.1, 0.15) is 18.0 Å². The Labute approximate surface area is 121 Å². The lowest BCUT2D eigenvalue weighted by Crippen LogP contribution is -2.37. The lowest BCUT2D eigenvalue weighted by Gasteiger charge is -2.24. The monoisotopic (exact) mass is 279 g/mol. The van der Waals surface area contributed by atoms with Crippen LogP contribution in [-0.2, 0) is 4.79 Å². The molecule has 0 atom stereocenters. The van der Waals surface area contributed by atoms with Gasteiger partial charge in [0.15, 0.2) is 0 Å². The van der Waals surface area contributed by atoms with E-state index in [4.69, 9.17) is 0 Å². The highest BCUT2D eigenvalue weighted by molar-refractivity contribution is 5.80. The number of aromatic nitrogens is 2. The Morgan fingerprint density at radius 1 is 1.25 bits per heavy atom. The van der Waals surface area contributed by atoms with Crippen molar-refractivity contribution in [3.05, 3.63) is 12.4 Å². The molecular weight excluding hydrogens is 254 g/mol. The standard InChI is InChI=1S/C14H25N5O/c1-5-7-15-12-9-13(17-11-16-12)19(8-6-2)10-14(20)18(3)4/h9,11H,5-8,10H2,1-4H3,(H,15,16,17). The zero-order valence-electron chi connectivity index (χ0n) is 12.9. The first kappa shape index (κ1) is 16.2. The molecular formula is C14H25N5O. The minimum absolute atomic E-state index is 0.0696. The molecule has 0 unspecified atom stereocenters. The van der Waals surface area contributed by atoms with Crippen LogP contribution < -0.4 is 10.2 Å². The highest BCUT2D eigenvalue weighted by atomic mass is 16.2. The van der Waals surface area contributed by atoms with E-state index in [9.17, 15) is 4.79 Å². The summed E-state index contributed by atoms with van der Waals surface area (Å²) in [6.07, 6.45) is 3.54. The summed E-state index contributed by atoms with van der Waals surface area (Å²) in [7, 11) is 3.53. The molecule has 1 aromatic heterocycles. The molecule has 0 saturated heterocycles. The van der Waals surface area contributed by atoms with Gasteiger partial charge < -0.3 is 15.1 Å². The minimum atomic E-state index is 0.0696. The van der Waals surface area contributed by atoms with Gasteiger partial charge >= 0.3 is 0 Å². The first-order chi connectivity index (χ1) is 9.58. The summed E-state index contributed by atoms with van der Waals surface area (Å²) in [6, 6.07) is 1.90. The van der Waals surface area contributed by atoms with Crippen molar-refractivity contribution in [2.75, 3.05) is 43.9 Å².